The molecule has 0 bridgehead atoms. The zero-order chi connectivity index (χ0) is 14.8. The molecule has 3 nitrogen and oxygen atoms in total. The average molecular weight is 281 g/mol. The minimum atomic E-state index is -4.44. The largest absolute Gasteiger partial charge is 0.416 e. The predicted molar refractivity (Wildman–Crippen MR) is 69.6 cm³/mol. The number of pyridine rings is 1. The van der Waals surface area contributed by atoms with Crippen LogP contribution in [0.15, 0.2) is 42.5 Å². The van der Waals surface area contributed by atoms with Gasteiger partial charge < -0.3 is 0 Å². The summed E-state index contributed by atoms with van der Waals surface area (Å²) < 4.78 is 39.2. The number of aromatic nitrogens is 1. The number of aryl methyl sites for hydroxylation is 1. The number of hydrazine groups is 1. The molecular weight excluding hydrogens is 267 g/mol. The van der Waals surface area contributed by atoms with Crippen molar-refractivity contribution in [2.75, 3.05) is 0 Å². The lowest BCUT2D eigenvalue weighted by atomic mass is 9.97. The average Bonchev–Trinajstić information content (AvgIpc) is 2.39. The molecule has 6 heteroatoms. The van der Waals surface area contributed by atoms with E-state index in [2.05, 4.69) is 10.4 Å². The maximum Gasteiger partial charge on any atom is 0.416 e. The van der Waals surface area contributed by atoms with E-state index in [-0.39, 0.29) is 5.56 Å². The Bertz CT molecular complexity index is 596. The first-order chi connectivity index (χ1) is 9.43. The molecule has 1 aromatic heterocycles. The highest BCUT2D eigenvalue weighted by atomic mass is 19.4. The lowest BCUT2D eigenvalue weighted by molar-refractivity contribution is -0.138. The number of hydrogen-bond donors (Lipinski definition) is 2. The van der Waals surface area contributed by atoms with Crippen LogP contribution in [-0.2, 0) is 6.18 Å². The zero-order valence-corrected chi connectivity index (χ0v) is 10.8. The van der Waals surface area contributed by atoms with Gasteiger partial charge in [0.15, 0.2) is 0 Å². The Morgan fingerprint density at radius 2 is 1.80 bits per heavy atom. The smallest absolute Gasteiger partial charge is 0.271 e. The van der Waals surface area contributed by atoms with Crippen LogP contribution in [0.4, 0.5) is 13.2 Å². The van der Waals surface area contributed by atoms with Crippen LogP contribution >= 0.6 is 0 Å². The SMILES string of the molecule is Cc1cccc(C(NN)c2ccccc2C(F)(F)F)n1. The molecule has 0 saturated heterocycles. The first-order valence-electron chi connectivity index (χ1n) is 5.99. The van der Waals surface area contributed by atoms with Crippen LogP contribution in [0.1, 0.15) is 28.6 Å². The second-order valence-electron chi connectivity index (χ2n) is 4.39. The van der Waals surface area contributed by atoms with Crippen molar-refractivity contribution in [1.29, 1.82) is 0 Å². The second-order valence-corrected chi connectivity index (χ2v) is 4.39. The van der Waals surface area contributed by atoms with E-state index in [1.54, 1.807) is 31.2 Å². The van der Waals surface area contributed by atoms with Crippen LogP contribution in [0.25, 0.3) is 0 Å². The first-order valence-corrected chi connectivity index (χ1v) is 5.99. The lowest BCUT2D eigenvalue weighted by Crippen LogP contribution is -2.31. The Kier molecular flexibility index (Phi) is 4.06. The van der Waals surface area contributed by atoms with Crippen LogP contribution in [-0.4, -0.2) is 4.98 Å². The zero-order valence-electron chi connectivity index (χ0n) is 10.8. The van der Waals surface area contributed by atoms with Crippen LogP contribution in [0.3, 0.4) is 0 Å². The van der Waals surface area contributed by atoms with Gasteiger partial charge in [0.05, 0.1) is 17.3 Å². The van der Waals surface area contributed by atoms with Crippen molar-refractivity contribution in [1.82, 2.24) is 10.4 Å². The Labute approximate surface area is 114 Å². The molecule has 1 unspecified atom stereocenters. The molecule has 0 amide bonds. The molecule has 1 atom stereocenters. The summed E-state index contributed by atoms with van der Waals surface area (Å²) in [6.07, 6.45) is -4.44. The van der Waals surface area contributed by atoms with E-state index in [4.69, 9.17) is 5.84 Å². The van der Waals surface area contributed by atoms with Crippen LogP contribution in [0, 0.1) is 6.92 Å². The summed E-state index contributed by atoms with van der Waals surface area (Å²) in [5, 5.41) is 0. The summed E-state index contributed by atoms with van der Waals surface area (Å²) >= 11 is 0. The number of hydrogen-bond acceptors (Lipinski definition) is 3. The fourth-order valence-corrected chi connectivity index (χ4v) is 2.07. The Balaban J connectivity index is 2.53. The number of halogens is 3. The van der Waals surface area contributed by atoms with Gasteiger partial charge in [-0.15, -0.1) is 0 Å². The lowest BCUT2D eigenvalue weighted by Gasteiger charge is -2.20. The van der Waals surface area contributed by atoms with Crippen LogP contribution in [0.2, 0.25) is 0 Å². The predicted octanol–water partition coefficient (Wildman–Crippen LogP) is 2.96. The van der Waals surface area contributed by atoms with Gasteiger partial charge >= 0.3 is 6.18 Å². The normalized spacial score (nSPS) is 13.2. The monoisotopic (exact) mass is 281 g/mol. The highest BCUT2D eigenvalue weighted by Gasteiger charge is 2.35. The topological polar surface area (TPSA) is 50.9 Å². The molecule has 0 aliphatic carbocycles. The summed E-state index contributed by atoms with van der Waals surface area (Å²) in [7, 11) is 0. The van der Waals surface area contributed by atoms with E-state index in [0.717, 1.165) is 6.07 Å². The number of nitrogens with one attached hydrogen (secondary N) is 1. The first kappa shape index (κ1) is 14.5. The summed E-state index contributed by atoms with van der Waals surface area (Å²) in [6, 6.07) is 9.67. The molecule has 0 aliphatic heterocycles. The number of alkyl halides is 3. The molecule has 0 spiro atoms. The standard InChI is InChI=1S/C14H14F3N3/c1-9-5-4-8-12(19-9)13(20-18)10-6-2-3-7-11(10)14(15,16)17/h2-8,13,20H,18H2,1H3. The van der Waals surface area contributed by atoms with E-state index >= 15 is 0 Å². The minimum Gasteiger partial charge on any atom is -0.271 e. The van der Waals surface area contributed by atoms with Gasteiger partial charge in [-0.05, 0) is 30.7 Å². The van der Waals surface area contributed by atoms with E-state index in [9.17, 15) is 13.2 Å². The second kappa shape index (κ2) is 5.60. The highest BCUT2D eigenvalue weighted by Crippen LogP contribution is 2.35. The van der Waals surface area contributed by atoms with Gasteiger partial charge in [0.25, 0.3) is 0 Å². The Hall–Kier alpha value is -1.92. The van der Waals surface area contributed by atoms with Gasteiger partial charge in [-0.25, -0.2) is 5.43 Å². The van der Waals surface area contributed by atoms with Crippen molar-refractivity contribution in [2.24, 2.45) is 5.84 Å². The number of rotatable bonds is 3. The van der Waals surface area contributed by atoms with Crippen molar-refractivity contribution in [3.8, 4) is 0 Å². The summed E-state index contributed by atoms with van der Waals surface area (Å²) in [5.41, 5.74) is 2.91. The third kappa shape index (κ3) is 2.97. The summed E-state index contributed by atoms with van der Waals surface area (Å²) in [5.74, 6) is 5.44. The van der Waals surface area contributed by atoms with E-state index in [1.807, 2.05) is 0 Å². The quantitative estimate of drug-likeness (QED) is 0.671. The summed E-state index contributed by atoms with van der Waals surface area (Å²) in [4.78, 5) is 4.23. The van der Waals surface area contributed by atoms with E-state index in [0.29, 0.717) is 11.4 Å². The number of nitrogens with zero attached hydrogens (tertiary/aromatic N) is 1. The fourth-order valence-electron chi connectivity index (χ4n) is 2.07. The van der Waals surface area contributed by atoms with Gasteiger partial charge in [0.2, 0.25) is 0 Å². The van der Waals surface area contributed by atoms with E-state index in [1.165, 1.54) is 12.1 Å². The van der Waals surface area contributed by atoms with Crippen molar-refractivity contribution in [3.63, 3.8) is 0 Å². The van der Waals surface area contributed by atoms with Gasteiger partial charge in [0, 0.05) is 5.69 Å². The molecule has 2 aromatic rings. The number of nitrogens with two attached hydrogens (primary N) is 1. The molecule has 3 N–H and O–H groups in total. The van der Waals surface area contributed by atoms with Gasteiger partial charge in [-0.1, -0.05) is 24.3 Å². The highest BCUT2D eigenvalue weighted by molar-refractivity contribution is 5.37. The fraction of sp³-hybridized carbons (Fsp3) is 0.214. The van der Waals surface area contributed by atoms with Crippen LogP contribution in [0.5, 0.6) is 0 Å². The third-order valence-corrected chi connectivity index (χ3v) is 2.95. The molecule has 0 aliphatic rings. The summed E-state index contributed by atoms with van der Waals surface area (Å²) in [6.45, 7) is 1.77. The molecule has 20 heavy (non-hydrogen) atoms. The number of benzene rings is 1. The molecule has 1 heterocycles. The minimum absolute atomic E-state index is 0.0561. The Morgan fingerprint density at radius 3 is 2.40 bits per heavy atom. The molecule has 0 saturated carbocycles. The van der Waals surface area contributed by atoms with Crippen molar-refractivity contribution >= 4 is 0 Å². The van der Waals surface area contributed by atoms with Crippen LogP contribution < -0.4 is 11.3 Å². The molecule has 1 aromatic carbocycles. The third-order valence-electron chi connectivity index (χ3n) is 2.95. The molecule has 0 radical (unpaired) electrons. The van der Waals surface area contributed by atoms with Crippen molar-refractivity contribution in [3.05, 3.63) is 65.0 Å². The molecular formula is C14H14F3N3. The maximum absolute atomic E-state index is 13.1. The van der Waals surface area contributed by atoms with Gasteiger partial charge in [-0.2, -0.15) is 13.2 Å². The van der Waals surface area contributed by atoms with Crippen molar-refractivity contribution < 1.29 is 13.2 Å². The maximum atomic E-state index is 13.1. The van der Waals surface area contributed by atoms with Gasteiger partial charge in [0.1, 0.15) is 0 Å². The molecule has 0 fully saturated rings. The van der Waals surface area contributed by atoms with Crippen molar-refractivity contribution in [2.45, 2.75) is 19.1 Å². The van der Waals surface area contributed by atoms with Gasteiger partial charge in [-0.3, -0.25) is 10.8 Å². The molecule has 2 rings (SSSR count). The van der Waals surface area contributed by atoms with E-state index < -0.39 is 17.8 Å². The molecule has 106 valence electrons. The Morgan fingerprint density at radius 1 is 1.10 bits per heavy atom.